The Morgan fingerprint density at radius 3 is 1.35 bits per heavy atom. The molecule has 0 unspecified atom stereocenters. The zero-order valence-corrected chi connectivity index (χ0v) is 24.8. The summed E-state index contributed by atoms with van der Waals surface area (Å²) in [5.41, 5.74) is 0.549. The number of carboxylic acid groups (broad SMARTS) is 2. The van der Waals surface area contributed by atoms with E-state index in [0.717, 1.165) is 73.0 Å². The van der Waals surface area contributed by atoms with Crippen LogP contribution in [0.2, 0.25) is 10.0 Å². The van der Waals surface area contributed by atoms with Crippen LogP contribution in [0.3, 0.4) is 0 Å². The number of rotatable bonds is 11. The molecule has 2 aromatic rings. The lowest BCUT2D eigenvalue weighted by Gasteiger charge is -2.29. The first-order chi connectivity index (χ1) is 19.2. The normalized spacial score (nSPS) is 15.8. The number of benzene rings is 2. The fourth-order valence-electron chi connectivity index (χ4n) is 5.37. The van der Waals surface area contributed by atoms with Crippen molar-refractivity contribution in [3.63, 3.8) is 0 Å². The van der Waals surface area contributed by atoms with E-state index in [2.05, 4.69) is 0 Å². The zero-order chi connectivity index (χ0) is 28.8. The van der Waals surface area contributed by atoms with Crippen LogP contribution in [-0.2, 0) is 9.59 Å². The highest BCUT2D eigenvalue weighted by Crippen LogP contribution is 2.47. The molecule has 2 aliphatic rings. The number of aliphatic carboxylic acids is 2. The Kier molecular flexibility index (Phi) is 10.7. The molecule has 0 aliphatic heterocycles. The van der Waals surface area contributed by atoms with Gasteiger partial charge in [-0.15, -0.1) is 0 Å². The Morgan fingerprint density at radius 2 is 1.02 bits per heavy atom. The van der Waals surface area contributed by atoms with E-state index in [1.807, 2.05) is 0 Å². The predicted octanol–water partition coefficient (Wildman–Crippen LogP) is 6.73. The molecule has 214 valence electrons. The molecule has 12 heteroatoms. The van der Waals surface area contributed by atoms with Gasteiger partial charge >= 0.3 is 11.9 Å². The summed E-state index contributed by atoms with van der Waals surface area (Å²) in [5.74, 6) is -3.00. The Hall–Kier alpha value is -2.40. The second-order valence-corrected chi connectivity index (χ2v) is 12.9. The summed E-state index contributed by atoms with van der Waals surface area (Å²) < 4.78 is 0. The number of carboxylic acids is 2. The molecule has 4 rings (SSSR count). The maximum atomic E-state index is 13.7. The van der Waals surface area contributed by atoms with Crippen LogP contribution in [0.4, 0.5) is 0 Å². The molecule has 2 N–H and O–H groups in total. The van der Waals surface area contributed by atoms with Crippen molar-refractivity contribution in [1.29, 1.82) is 0 Å². The molecule has 0 saturated heterocycles. The molecular formula is C28H30Cl2N2O6S2. The van der Waals surface area contributed by atoms with Gasteiger partial charge in [0.25, 0.3) is 11.8 Å². The number of halogens is 2. The van der Waals surface area contributed by atoms with Gasteiger partial charge in [0, 0.05) is 21.9 Å². The van der Waals surface area contributed by atoms with Gasteiger partial charge in [0.1, 0.15) is 13.1 Å². The van der Waals surface area contributed by atoms with Crippen LogP contribution in [0, 0.1) is 0 Å². The Morgan fingerprint density at radius 1 is 0.675 bits per heavy atom. The van der Waals surface area contributed by atoms with Gasteiger partial charge in [-0.05, 0) is 49.9 Å². The molecule has 0 bridgehead atoms. The average Bonchev–Trinajstić information content (AvgIpc) is 3.64. The van der Waals surface area contributed by atoms with E-state index in [4.69, 9.17) is 23.2 Å². The number of carbonyl (C=O) groups is 4. The molecule has 40 heavy (non-hydrogen) atoms. The van der Waals surface area contributed by atoms with Crippen molar-refractivity contribution in [2.45, 2.75) is 73.2 Å². The van der Waals surface area contributed by atoms with Gasteiger partial charge in [0.2, 0.25) is 0 Å². The third-order valence-electron chi connectivity index (χ3n) is 7.27. The largest absolute Gasteiger partial charge is 0.480 e. The third kappa shape index (κ3) is 7.26. The number of nitrogens with zero attached hydrogens (tertiary/aromatic N) is 2. The van der Waals surface area contributed by atoms with Crippen LogP contribution >= 0.6 is 44.8 Å². The summed E-state index contributed by atoms with van der Waals surface area (Å²) >= 11 is 13.1. The van der Waals surface area contributed by atoms with Crippen LogP contribution in [0.15, 0.2) is 46.2 Å². The van der Waals surface area contributed by atoms with Gasteiger partial charge in [-0.3, -0.25) is 19.2 Å². The lowest BCUT2D eigenvalue weighted by molar-refractivity contribution is -0.139. The molecule has 2 saturated carbocycles. The van der Waals surface area contributed by atoms with Crippen molar-refractivity contribution in [2.75, 3.05) is 13.1 Å². The molecular weight excluding hydrogens is 595 g/mol. The van der Waals surface area contributed by atoms with Gasteiger partial charge in [-0.2, -0.15) is 0 Å². The van der Waals surface area contributed by atoms with E-state index >= 15 is 0 Å². The smallest absolute Gasteiger partial charge is 0.323 e. The second kappa shape index (κ2) is 14.0. The second-order valence-electron chi connectivity index (χ2n) is 9.93. The minimum Gasteiger partial charge on any atom is -0.480 e. The summed E-state index contributed by atoms with van der Waals surface area (Å²) in [6.45, 7) is -0.811. The van der Waals surface area contributed by atoms with E-state index < -0.39 is 36.8 Å². The molecule has 2 amide bonds. The van der Waals surface area contributed by atoms with Gasteiger partial charge in [0.15, 0.2) is 0 Å². The molecule has 8 nitrogen and oxygen atoms in total. The molecule has 0 spiro atoms. The topological polar surface area (TPSA) is 115 Å². The van der Waals surface area contributed by atoms with Gasteiger partial charge in [-0.1, -0.05) is 82.6 Å². The predicted molar refractivity (Wildman–Crippen MR) is 156 cm³/mol. The van der Waals surface area contributed by atoms with E-state index in [1.54, 1.807) is 36.4 Å². The number of amides is 2. The summed E-state index contributed by atoms with van der Waals surface area (Å²) in [6.07, 6.45) is 6.72. The summed E-state index contributed by atoms with van der Waals surface area (Å²) in [4.78, 5) is 54.2. The molecule has 0 aromatic heterocycles. The first-order valence-corrected chi connectivity index (χ1v) is 16.0. The Bertz CT molecular complexity index is 1180. The molecule has 0 radical (unpaired) electrons. The zero-order valence-electron chi connectivity index (χ0n) is 21.7. The number of carbonyl (C=O) groups excluding carboxylic acids is 2. The van der Waals surface area contributed by atoms with Crippen molar-refractivity contribution in [2.24, 2.45) is 0 Å². The van der Waals surface area contributed by atoms with E-state index in [1.165, 1.54) is 9.80 Å². The molecule has 2 fully saturated rings. The molecule has 0 heterocycles. The number of hydrogen-bond donors (Lipinski definition) is 2. The maximum absolute atomic E-state index is 13.7. The highest BCUT2D eigenvalue weighted by atomic mass is 35.5. The van der Waals surface area contributed by atoms with E-state index in [0.29, 0.717) is 19.8 Å². The summed E-state index contributed by atoms with van der Waals surface area (Å²) in [5, 5.41) is 19.6. The van der Waals surface area contributed by atoms with Crippen LogP contribution < -0.4 is 0 Å². The minimum atomic E-state index is -1.08. The first-order valence-electron chi connectivity index (χ1n) is 13.1. The maximum Gasteiger partial charge on any atom is 0.323 e. The minimum absolute atomic E-state index is 0.156. The molecule has 2 aliphatic carbocycles. The fraction of sp³-hybridized carbons (Fsp3) is 0.429. The SMILES string of the molecule is O=C(O)CN(C(=O)c1cccc(Cl)c1SSc1c(Cl)cccc1C(=O)N(CC(=O)O)C1CCCC1)C1CCCC1. The molecule has 0 atom stereocenters. The first kappa shape index (κ1) is 30.6. The lowest BCUT2D eigenvalue weighted by Crippen LogP contribution is -2.42. The van der Waals surface area contributed by atoms with Crippen molar-refractivity contribution in [3.8, 4) is 0 Å². The van der Waals surface area contributed by atoms with Crippen molar-refractivity contribution < 1.29 is 29.4 Å². The number of hydrogen-bond acceptors (Lipinski definition) is 6. The molecule has 2 aromatic carbocycles. The van der Waals surface area contributed by atoms with Crippen LogP contribution in [-0.4, -0.2) is 68.9 Å². The van der Waals surface area contributed by atoms with Crippen molar-refractivity contribution in [3.05, 3.63) is 57.6 Å². The fourth-order valence-corrected chi connectivity index (χ4v) is 8.76. The van der Waals surface area contributed by atoms with Crippen molar-refractivity contribution in [1.82, 2.24) is 9.80 Å². The van der Waals surface area contributed by atoms with E-state index in [9.17, 15) is 29.4 Å². The van der Waals surface area contributed by atoms with Gasteiger partial charge in [-0.25, -0.2) is 0 Å². The highest BCUT2D eigenvalue weighted by Gasteiger charge is 2.33. The lowest BCUT2D eigenvalue weighted by atomic mass is 10.1. The monoisotopic (exact) mass is 624 g/mol. The summed E-state index contributed by atoms with van der Waals surface area (Å²) in [6, 6.07) is 9.51. The van der Waals surface area contributed by atoms with Crippen LogP contribution in [0.5, 0.6) is 0 Å². The summed E-state index contributed by atoms with van der Waals surface area (Å²) in [7, 11) is 2.31. The average molecular weight is 626 g/mol. The Balaban J connectivity index is 1.63. The third-order valence-corrected chi connectivity index (χ3v) is 10.7. The Labute approximate surface area is 250 Å². The van der Waals surface area contributed by atoms with Gasteiger partial charge in [0.05, 0.1) is 21.2 Å². The quantitative estimate of drug-likeness (QED) is 0.264. The van der Waals surface area contributed by atoms with Crippen LogP contribution in [0.25, 0.3) is 0 Å². The van der Waals surface area contributed by atoms with Gasteiger partial charge < -0.3 is 20.0 Å². The van der Waals surface area contributed by atoms with Crippen molar-refractivity contribution >= 4 is 68.5 Å². The van der Waals surface area contributed by atoms with Crippen LogP contribution in [0.1, 0.15) is 72.1 Å². The standard InChI is InChI=1S/C28H30Cl2N2O6S2/c29-21-13-5-11-19(27(37)31(15-23(33)34)17-7-1-2-8-17)25(21)39-40-26-20(12-6-14-22(26)30)28(38)32(16-24(35)36)18-9-3-4-10-18/h5-6,11-14,17-18H,1-4,7-10,15-16H2,(H,33,34)(H,35,36). The van der Waals surface area contributed by atoms with E-state index in [-0.39, 0.29) is 23.2 Å². The highest BCUT2D eigenvalue weighted by molar-refractivity contribution is 8.76.